The van der Waals surface area contributed by atoms with Crippen molar-refractivity contribution in [3.8, 4) is 6.07 Å². The van der Waals surface area contributed by atoms with E-state index in [-0.39, 0.29) is 100 Å². The summed E-state index contributed by atoms with van der Waals surface area (Å²) in [5.74, 6) is -0.757. The Morgan fingerprint density at radius 2 is 0.874 bits per heavy atom. The number of nitrogens with one attached hydrogen (secondary N) is 1. The number of aliphatic hydroxyl groups is 1. The van der Waals surface area contributed by atoms with Gasteiger partial charge in [-0.3, -0.25) is 19.2 Å². The first-order valence-electron chi connectivity index (χ1n) is 36.0. The summed E-state index contributed by atoms with van der Waals surface area (Å²) in [4.78, 5) is 52.0. The van der Waals surface area contributed by atoms with Gasteiger partial charge in [0, 0.05) is 39.5 Å². The van der Waals surface area contributed by atoms with Gasteiger partial charge in [-0.05, 0) is 143 Å². The van der Waals surface area contributed by atoms with Crippen molar-refractivity contribution in [3.05, 3.63) is 76.8 Å². The number of aryl methyl sites for hydroxylation is 3. The number of nitriles is 1. The summed E-state index contributed by atoms with van der Waals surface area (Å²) in [6.45, 7) is 24.4. The van der Waals surface area contributed by atoms with Gasteiger partial charge in [0.05, 0.1) is 52.4 Å². The Morgan fingerprint density at radius 1 is 0.547 bits per heavy atom. The van der Waals surface area contributed by atoms with Crippen LogP contribution >= 0.6 is 68.0 Å². The molecule has 0 radical (unpaired) electrons. The molecule has 2 N–H and O–H groups in total. The number of unbranched alkanes of at least 4 members (excludes halogenated alkanes) is 24. The maximum Gasteiger partial charge on any atom is 1.00 e. The van der Waals surface area contributed by atoms with E-state index in [4.69, 9.17) is 19.8 Å². The van der Waals surface area contributed by atoms with E-state index in [0.29, 0.717) is 17.6 Å². The number of thiophene rings is 6. The minimum absolute atomic E-state index is 0. The first-order valence-corrected chi connectivity index (χ1v) is 41.0. The molecular formula is C78H117KN2O8S6. The minimum Gasteiger partial charge on any atom is -0.850 e. The molecule has 10 nitrogen and oxygen atoms in total. The molecule has 2 aliphatic rings. The van der Waals surface area contributed by atoms with E-state index in [1.165, 1.54) is 225 Å². The quantitative estimate of drug-likeness (QED) is 0.0218. The van der Waals surface area contributed by atoms with Gasteiger partial charge in [0.2, 0.25) is 0 Å². The van der Waals surface area contributed by atoms with Crippen LogP contribution in [0, 0.1) is 11.3 Å². The molecule has 0 bridgehead atoms. The fourth-order valence-corrected chi connectivity index (χ4v) is 18.2. The molecule has 0 atom stereocenters. The predicted octanol–water partition coefficient (Wildman–Crippen LogP) is 20.5. The smallest absolute Gasteiger partial charge is 0.850 e. The number of hydrogen-bond donors (Lipinski definition) is 2. The molecular weight excluding hydrogens is 1320 g/mol. The van der Waals surface area contributed by atoms with Crippen molar-refractivity contribution in [3.63, 3.8) is 0 Å². The molecule has 1 aliphatic carbocycles. The van der Waals surface area contributed by atoms with E-state index in [0.717, 1.165) is 45.2 Å². The number of ether oxygens (including phenoxy) is 2. The average molecular weight is 1440 g/mol. The Bertz CT molecular complexity index is 3130. The van der Waals surface area contributed by atoms with Crippen molar-refractivity contribution in [2.75, 3.05) is 0 Å². The van der Waals surface area contributed by atoms with E-state index in [9.17, 15) is 24.3 Å². The van der Waals surface area contributed by atoms with Crippen LogP contribution in [-0.2, 0) is 47.9 Å². The van der Waals surface area contributed by atoms with Crippen molar-refractivity contribution in [2.45, 2.75) is 332 Å². The Kier molecular flexibility index (Phi) is 43.5. The van der Waals surface area contributed by atoms with Gasteiger partial charge >= 0.3 is 63.3 Å². The van der Waals surface area contributed by atoms with E-state index in [1.54, 1.807) is 119 Å². The fraction of sp³-hybridized carbons (Fsp3) is 0.654. The van der Waals surface area contributed by atoms with Crippen LogP contribution in [0.1, 0.15) is 320 Å². The molecule has 95 heavy (non-hydrogen) atoms. The number of ketones is 1. The first kappa shape index (κ1) is 86.8. The molecule has 0 saturated carbocycles. The third kappa shape index (κ3) is 33.7. The fourth-order valence-electron chi connectivity index (χ4n) is 11.0. The van der Waals surface area contributed by atoms with Crippen LogP contribution in [0.2, 0.25) is 0 Å². The number of nitrogens with zero attached hydrogens (tertiary/aromatic N) is 1. The number of rotatable bonds is 38. The van der Waals surface area contributed by atoms with Crippen LogP contribution < -0.4 is 61.8 Å². The summed E-state index contributed by atoms with van der Waals surface area (Å²) in [6, 6.07) is 8.72. The summed E-state index contributed by atoms with van der Waals surface area (Å²) in [6.07, 6.45) is 41.0. The van der Waals surface area contributed by atoms with Gasteiger partial charge in [-0.25, -0.2) is 0 Å². The largest absolute Gasteiger partial charge is 1.00 e. The van der Waals surface area contributed by atoms with Crippen molar-refractivity contribution in [1.82, 2.24) is 5.32 Å². The van der Waals surface area contributed by atoms with Crippen molar-refractivity contribution in [2.24, 2.45) is 0 Å². The molecule has 0 spiro atoms. The van der Waals surface area contributed by atoms with Gasteiger partial charge in [-0.15, -0.1) is 73.6 Å². The SMILES string of the molecule is CC(C)(C)[O-].CC(C)OC(=O)CCC(=O)OC(C)C.CCC(C)(C)O.CCCCCCCCCCCc1csc2cc(C#N)sc12.CCCCCCCCCCCc1csc2cc(C3=C4C(=O)NC(c5cc6scc(CCCCCCCCCCC)c6s5)=C4C(=O)C3)sc12.[K+]. The predicted molar refractivity (Wildman–Crippen MR) is 406 cm³/mol. The Morgan fingerprint density at radius 3 is 1.22 bits per heavy atom. The van der Waals surface area contributed by atoms with Crippen LogP contribution in [0.4, 0.5) is 0 Å². The molecule has 6 aromatic heterocycles. The number of carbonyl (C=O) groups is 4. The number of fused-ring (bicyclic) bond motifs is 4. The van der Waals surface area contributed by atoms with Crippen LogP contribution in [0.5, 0.6) is 0 Å². The van der Waals surface area contributed by atoms with Crippen molar-refractivity contribution in [1.29, 1.82) is 5.26 Å². The average Bonchev–Trinajstić information content (AvgIpc) is 1.58. The Labute approximate surface area is 639 Å². The first-order chi connectivity index (χ1) is 44.9. The van der Waals surface area contributed by atoms with Gasteiger partial charge in [0.25, 0.3) is 5.91 Å². The number of esters is 2. The topological polar surface area (TPSA) is 166 Å². The van der Waals surface area contributed by atoms with Crippen LogP contribution in [-0.4, -0.2) is 52.1 Å². The second-order valence-corrected chi connectivity index (χ2v) is 33.4. The summed E-state index contributed by atoms with van der Waals surface area (Å²) >= 11 is 10.6. The monoisotopic (exact) mass is 1440 g/mol. The zero-order valence-corrected chi connectivity index (χ0v) is 68.9. The van der Waals surface area contributed by atoms with Crippen molar-refractivity contribution >= 4 is 131 Å². The zero-order valence-electron chi connectivity index (χ0n) is 60.9. The molecule has 8 rings (SSSR count). The number of carbonyl (C=O) groups excluding carboxylic acids is 4. The molecule has 524 valence electrons. The molecule has 7 heterocycles. The van der Waals surface area contributed by atoms with E-state index >= 15 is 0 Å². The second kappa shape index (κ2) is 47.7. The summed E-state index contributed by atoms with van der Waals surface area (Å²) in [7, 11) is 0. The molecule has 17 heteroatoms. The summed E-state index contributed by atoms with van der Waals surface area (Å²) in [5, 5.41) is 38.0. The normalized spacial score (nSPS) is 12.9. The second-order valence-electron chi connectivity index (χ2n) is 27.6. The van der Waals surface area contributed by atoms with Gasteiger partial charge in [-0.2, -0.15) is 5.26 Å². The van der Waals surface area contributed by atoms with E-state index in [2.05, 4.69) is 60.4 Å². The maximum atomic E-state index is 13.5. The van der Waals surface area contributed by atoms with Gasteiger partial charge in [-0.1, -0.05) is 203 Å². The zero-order chi connectivity index (χ0) is 69.1. The third-order valence-corrected chi connectivity index (χ3v) is 23.2. The van der Waals surface area contributed by atoms with Gasteiger partial charge < -0.3 is 25.0 Å². The van der Waals surface area contributed by atoms with E-state index < -0.39 is 11.2 Å². The Hall–Kier alpha value is -2.41. The molecule has 0 fully saturated rings. The summed E-state index contributed by atoms with van der Waals surface area (Å²) < 4.78 is 17.6. The van der Waals surface area contributed by atoms with Crippen LogP contribution in [0.25, 0.3) is 39.5 Å². The number of hydrogen-bond acceptors (Lipinski definition) is 15. The molecule has 1 aliphatic heterocycles. The van der Waals surface area contributed by atoms with Gasteiger partial charge in [0.15, 0.2) is 5.78 Å². The Balaban J connectivity index is 0.000000409. The van der Waals surface area contributed by atoms with E-state index in [1.807, 2.05) is 24.3 Å². The summed E-state index contributed by atoms with van der Waals surface area (Å²) in [5.41, 5.74) is 6.02. The molecule has 0 aromatic carbocycles. The molecule has 0 unspecified atom stereocenters. The number of allylic oxidation sites excluding steroid dienone is 1. The van der Waals surface area contributed by atoms with Crippen LogP contribution in [0.15, 0.2) is 45.5 Å². The molecule has 0 saturated heterocycles. The van der Waals surface area contributed by atoms with Gasteiger partial charge in [0.1, 0.15) is 10.9 Å². The third-order valence-electron chi connectivity index (χ3n) is 16.3. The standard InChI is InChI=1S/C41H53NO2S4.C18H25NS2.C10H18O4.C5H12O.C4H9O.K/c1-3-5-7-9-11-13-15-17-19-21-28-26-45-34-24-32(47-39(28)34)30-23-31(43)37-36(30)41(44)42-38(37)33-25-35-40(48-33)29(27-46-35)22-20-18-16-14-12-10-8-6-4-2;1-2-3-4-5-6-7-8-9-10-11-15-14-20-17-12-16(13-19)21-18(15)17;1-7(2)13-9(11)5-6-10(12)14-8(3)4;1-4-5(2,3)6;1-4(2,3)5;/h24-27H,3-23H2,1-2H3,(H,42,44);12,14H,2-11H2,1H3;7-8H,5-6H2,1-4H3;6H,4H2,1-3H3;1-3H3;/q;;;;-1;+1. The number of Topliss-reactive ketones (excluding diaryl/α,β-unsaturated/α-hetero) is 1. The molecule has 6 aromatic rings. The molecule has 1 amide bonds. The number of amides is 1. The minimum atomic E-state index is -0.750. The van der Waals surface area contributed by atoms with Crippen molar-refractivity contribution < 1.29 is 90.2 Å². The maximum absolute atomic E-state index is 13.5. The van der Waals surface area contributed by atoms with Crippen LogP contribution in [0.3, 0.4) is 0 Å².